The van der Waals surface area contributed by atoms with Gasteiger partial charge in [-0.3, -0.25) is 9.59 Å². The number of benzene rings is 1. The fourth-order valence-electron chi connectivity index (χ4n) is 2.73. The van der Waals surface area contributed by atoms with Crippen LogP contribution in [0.3, 0.4) is 0 Å². The second kappa shape index (κ2) is 6.02. The van der Waals surface area contributed by atoms with Crippen molar-refractivity contribution in [3.8, 4) is 0 Å². The summed E-state index contributed by atoms with van der Waals surface area (Å²) in [6, 6.07) is 3.50. The summed E-state index contributed by atoms with van der Waals surface area (Å²) in [6.07, 6.45) is -0.0400. The molecule has 1 fully saturated rings. The molecule has 2 rings (SSSR count). The van der Waals surface area contributed by atoms with Crippen LogP contribution in [0.1, 0.15) is 31.9 Å². The fourth-order valence-corrected chi connectivity index (χ4v) is 2.92. The Morgan fingerprint density at radius 1 is 1.52 bits per heavy atom. The number of carbonyl (C=O) groups excluding carboxylic acids is 1. The van der Waals surface area contributed by atoms with Crippen molar-refractivity contribution in [3.63, 3.8) is 0 Å². The molecule has 0 aliphatic carbocycles. The minimum atomic E-state index is -1.03. The summed E-state index contributed by atoms with van der Waals surface area (Å²) in [5.74, 6) is -2.41. The van der Waals surface area contributed by atoms with E-state index in [1.807, 2.05) is 13.8 Å². The molecule has 1 aliphatic rings. The molecule has 6 heteroatoms. The van der Waals surface area contributed by atoms with Crippen molar-refractivity contribution in [3.05, 3.63) is 34.6 Å². The van der Waals surface area contributed by atoms with Crippen molar-refractivity contribution in [2.45, 2.75) is 26.3 Å². The highest BCUT2D eigenvalue weighted by atomic mass is 35.5. The van der Waals surface area contributed by atoms with Crippen LogP contribution in [0.2, 0.25) is 5.02 Å². The van der Waals surface area contributed by atoms with Crippen LogP contribution in [0.5, 0.6) is 0 Å². The highest BCUT2D eigenvalue weighted by molar-refractivity contribution is 6.30. The number of carboxylic acids is 1. The standard InChI is InChI=1S/C15H17ClFNO3/c1-8(2)7-18-13(19)6-10(15(20)21)14(18)9-3-4-12(17)11(16)5-9/h3-5,8,10,14H,6-7H2,1-2H3,(H,20,21). The molecule has 0 bridgehead atoms. The molecule has 2 unspecified atom stereocenters. The van der Waals surface area contributed by atoms with E-state index in [0.29, 0.717) is 12.1 Å². The molecule has 1 saturated heterocycles. The van der Waals surface area contributed by atoms with Gasteiger partial charge in [0, 0.05) is 13.0 Å². The van der Waals surface area contributed by atoms with E-state index < -0.39 is 23.7 Å². The van der Waals surface area contributed by atoms with Gasteiger partial charge in [0.1, 0.15) is 5.82 Å². The monoisotopic (exact) mass is 313 g/mol. The number of hydrogen-bond donors (Lipinski definition) is 1. The summed E-state index contributed by atoms with van der Waals surface area (Å²) in [7, 11) is 0. The highest BCUT2D eigenvalue weighted by Gasteiger charge is 2.44. The van der Waals surface area contributed by atoms with Crippen LogP contribution in [0.4, 0.5) is 4.39 Å². The van der Waals surface area contributed by atoms with E-state index in [9.17, 15) is 19.1 Å². The average Bonchev–Trinajstić information content (AvgIpc) is 2.70. The van der Waals surface area contributed by atoms with Gasteiger partial charge in [-0.1, -0.05) is 31.5 Å². The van der Waals surface area contributed by atoms with Gasteiger partial charge >= 0.3 is 5.97 Å². The minimum absolute atomic E-state index is 0.0400. The molecule has 114 valence electrons. The number of rotatable bonds is 4. The summed E-state index contributed by atoms with van der Waals surface area (Å²) >= 11 is 5.78. The molecule has 0 spiro atoms. The lowest BCUT2D eigenvalue weighted by Gasteiger charge is -2.29. The molecule has 21 heavy (non-hydrogen) atoms. The Morgan fingerprint density at radius 3 is 2.71 bits per heavy atom. The Labute approximate surface area is 127 Å². The molecule has 1 heterocycles. The number of halogens is 2. The molecular formula is C15H17ClFNO3. The van der Waals surface area contributed by atoms with E-state index in [4.69, 9.17) is 11.6 Å². The third kappa shape index (κ3) is 3.18. The summed E-state index contributed by atoms with van der Waals surface area (Å²) in [4.78, 5) is 25.1. The summed E-state index contributed by atoms with van der Waals surface area (Å²) in [5, 5.41) is 9.28. The molecule has 1 aromatic carbocycles. The second-order valence-corrected chi connectivity index (χ2v) is 6.11. The largest absolute Gasteiger partial charge is 0.481 e. The number of likely N-dealkylation sites (tertiary alicyclic amines) is 1. The predicted molar refractivity (Wildman–Crippen MR) is 76.4 cm³/mol. The molecule has 1 aliphatic heterocycles. The maximum atomic E-state index is 13.3. The lowest BCUT2D eigenvalue weighted by molar-refractivity contribution is -0.142. The van der Waals surface area contributed by atoms with Gasteiger partial charge in [0.05, 0.1) is 17.0 Å². The van der Waals surface area contributed by atoms with Crippen molar-refractivity contribution in [1.29, 1.82) is 0 Å². The topological polar surface area (TPSA) is 57.6 Å². The predicted octanol–water partition coefficient (Wildman–Crippen LogP) is 3.11. The molecule has 1 aromatic rings. The van der Waals surface area contributed by atoms with Crippen LogP contribution < -0.4 is 0 Å². The number of aliphatic carboxylic acids is 1. The first-order valence-corrected chi connectivity index (χ1v) is 7.16. The van der Waals surface area contributed by atoms with E-state index in [-0.39, 0.29) is 23.3 Å². The third-order valence-electron chi connectivity index (χ3n) is 3.60. The molecule has 2 atom stereocenters. The van der Waals surface area contributed by atoms with Gasteiger partial charge in [-0.25, -0.2) is 4.39 Å². The third-order valence-corrected chi connectivity index (χ3v) is 3.89. The SMILES string of the molecule is CC(C)CN1C(=O)CC(C(=O)O)C1c1ccc(F)c(Cl)c1. The molecule has 1 N–H and O–H groups in total. The summed E-state index contributed by atoms with van der Waals surface area (Å²) in [5.41, 5.74) is 0.556. The molecule has 0 aromatic heterocycles. The lowest BCUT2D eigenvalue weighted by Crippen LogP contribution is -2.33. The number of carboxylic acid groups (broad SMARTS) is 1. The second-order valence-electron chi connectivity index (χ2n) is 5.71. The van der Waals surface area contributed by atoms with Gasteiger partial charge in [-0.05, 0) is 23.6 Å². The van der Waals surface area contributed by atoms with Crippen LogP contribution in [0, 0.1) is 17.7 Å². The highest BCUT2D eigenvalue weighted by Crippen LogP contribution is 2.39. The Hall–Kier alpha value is -1.62. The van der Waals surface area contributed by atoms with Gasteiger partial charge in [0.15, 0.2) is 0 Å². The molecule has 1 amide bonds. The molecule has 0 radical (unpaired) electrons. The first-order chi connectivity index (χ1) is 9.81. The Balaban J connectivity index is 2.43. The Morgan fingerprint density at radius 2 is 2.19 bits per heavy atom. The summed E-state index contributed by atoms with van der Waals surface area (Å²) < 4.78 is 13.3. The van der Waals surface area contributed by atoms with Crippen LogP contribution in [0.25, 0.3) is 0 Å². The van der Waals surface area contributed by atoms with Gasteiger partial charge in [0.2, 0.25) is 5.91 Å². The smallest absolute Gasteiger partial charge is 0.309 e. The van der Waals surface area contributed by atoms with E-state index in [2.05, 4.69) is 0 Å². The maximum absolute atomic E-state index is 13.3. The van der Waals surface area contributed by atoms with Crippen LogP contribution in [0.15, 0.2) is 18.2 Å². The molecular weight excluding hydrogens is 297 g/mol. The van der Waals surface area contributed by atoms with Gasteiger partial charge in [0.25, 0.3) is 0 Å². The number of amides is 1. The zero-order valence-electron chi connectivity index (χ0n) is 11.8. The average molecular weight is 314 g/mol. The molecule has 4 nitrogen and oxygen atoms in total. The number of hydrogen-bond acceptors (Lipinski definition) is 2. The zero-order chi connectivity index (χ0) is 15.7. The van der Waals surface area contributed by atoms with Crippen molar-refractivity contribution in [1.82, 2.24) is 4.90 Å². The van der Waals surface area contributed by atoms with E-state index in [0.717, 1.165) is 0 Å². The maximum Gasteiger partial charge on any atom is 0.309 e. The van der Waals surface area contributed by atoms with Crippen LogP contribution >= 0.6 is 11.6 Å². The van der Waals surface area contributed by atoms with Crippen LogP contribution in [-0.2, 0) is 9.59 Å². The minimum Gasteiger partial charge on any atom is -0.481 e. The lowest BCUT2D eigenvalue weighted by atomic mass is 9.93. The molecule has 0 saturated carbocycles. The van der Waals surface area contributed by atoms with E-state index >= 15 is 0 Å². The van der Waals surface area contributed by atoms with Crippen molar-refractivity contribution < 1.29 is 19.1 Å². The van der Waals surface area contributed by atoms with Gasteiger partial charge in [-0.2, -0.15) is 0 Å². The number of carbonyl (C=O) groups is 2. The Kier molecular flexibility index (Phi) is 4.52. The van der Waals surface area contributed by atoms with Gasteiger partial charge in [-0.15, -0.1) is 0 Å². The number of nitrogens with zero attached hydrogens (tertiary/aromatic N) is 1. The quantitative estimate of drug-likeness (QED) is 0.929. The van der Waals surface area contributed by atoms with Crippen LogP contribution in [-0.4, -0.2) is 28.4 Å². The Bertz CT molecular complexity index is 576. The first kappa shape index (κ1) is 15.8. The van der Waals surface area contributed by atoms with Crippen molar-refractivity contribution in [2.24, 2.45) is 11.8 Å². The zero-order valence-corrected chi connectivity index (χ0v) is 12.6. The fraction of sp³-hybridized carbons (Fsp3) is 0.467. The van der Waals surface area contributed by atoms with Crippen molar-refractivity contribution >= 4 is 23.5 Å². The van der Waals surface area contributed by atoms with Crippen molar-refractivity contribution in [2.75, 3.05) is 6.54 Å². The van der Waals surface area contributed by atoms with E-state index in [1.165, 1.54) is 18.2 Å². The van der Waals surface area contributed by atoms with Gasteiger partial charge < -0.3 is 10.0 Å². The van der Waals surface area contributed by atoms with E-state index in [1.54, 1.807) is 4.90 Å². The summed E-state index contributed by atoms with van der Waals surface area (Å²) in [6.45, 7) is 4.37. The normalized spacial score (nSPS) is 22.1. The first-order valence-electron chi connectivity index (χ1n) is 6.78.